The van der Waals surface area contributed by atoms with Crippen LogP contribution in [0.3, 0.4) is 0 Å². The Hall–Kier alpha value is -1.97. The fraction of sp³-hybridized carbons (Fsp3) is 0.438. The SMILES string of the molecule is CC(CCC(C)c1ccc(=O)n(C)c1)c1cncnc1. The minimum atomic E-state index is 0.0377. The minimum Gasteiger partial charge on any atom is -0.318 e. The monoisotopic (exact) mass is 271 g/mol. The molecule has 2 atom stereocenters. The van der Waals surface area contributed by atoms with Crippen LogP contribution in [0.1, 0.15) is 49.7 Å². The molecule has 2 rings (SSSR count). The summed E-state index contributed by atoms with van der Waals surface area (Å²) in [5.74, 6) is 0.889. The van der Waals surface area contributed by atoms with Gasteiger partial charge in [-0.15, -0.1) is 0 Å². The molecule has 0 amide bonds. The van der Waals surface area contributed by atoms with Crippen LogP contribution in [0.2, 0.25) is 0 Å². The Labute approximate surface area is 119 Å². The molecule has 106 valence electrons. The third-order valence-electron chi connectivity index (χ3n) is 3.86. The molecule has 4 heteroatoms. The highest BCUT2D eigenvalue weighted by Gasteiger charge is 2.11. The Morgan fingerprint density at radius 1 is 1.05 bits per heavy atom. The van der Waals surface area contributed by atoms with Crippen LogP contribution in [0.5, 0.6) is 0 Å². The molecule has 0 aliphatic carbocycles. The van der Waals surface area contributed by atoms with E-state index >= 15 is 0 Å². The Bertz CT molecular complexity index is 607. The van der Waals surface area contributed by atoms with Gasteiger partial charge in [0.1, 0.15) is 6.33 Å². The van der Waals surface area contributed by atoms with Crippen LogP contribution in [0.25, 0.3) is 0 Å². The standard InChI is InChI=1S/C16H21N3O/c1-12(14-6-7-16(20)19(3)10-14)4-5-13(2)15-8-17-11-18-9-15/h6-13H,4-5H2,1-3H3. The molecule has 0 bridgehead atoms. The van der Waals surface area contributed by atoms with Crippen molar-refractivity contribution in [2.45, 2.75) is 38.5 Å². The van der Waals surface area contributed by atoms with E-state index in [-0.39, 0.29) is 5.56 Å². The second-order valence-corrected chi connectivity index (χ2v) is 5.46. The summed E-state index contributed by atoms with van der Waals surface area (Å²) < 4.78 is 1.64. The maximum Gasteiger partial charge on any atom is 0.250 e. The number of hydrogen-bond donors (Lipinski definition) is 0. The number of rotatable bonds is 5. The van der Waals surface area contributed by atoms with Crippen LogP contribution in [0, 0.1) is 0 Å². The van der Waals surface area contributed by atoms with Crippen molar-refractivity contribution in [3.8, 4) is 0 Å². The Balaban J connectivity index is 1.96. The molecule has 0 N–H and O–H groups in total. The van der Waals surface area contributed by atoms with E-state index in [0.29, 0.717) is 11.8 Å². The normalized spacial score (nSPS) is 13.9. The molecule has 0 aliphatic rings. The molecule has 0 fully saturated rings. The lowest BCUT2D eigenvalue weighted by molar-refractivity contribution is 0.568. The van der Waals surface area contributed by atoms with Gasteiger partial charge in [-0.25, -0.2) is 9.97 Å². The van der Waals surface area contributed by atoms with Crippen molar-refractivity contribution in [2.24, 2.45) is 7.05 Å². The van der Waals surface area contributed by atoms with Gasteiger partial charge in [-0.3, -0.25) is 4.79 Å². The number of nitrogens with zero attached hydrogens (tertiary/aromatic N) is 3. The number of pyridine rings is 1. The second kappa shape index (κ2) is 6.46. The molecule has 2 aromatic rings. The van der Waals surface area contributed by atoms with Gasteiger partial charge in [-0.2, -0.15) is 0 Å². The van der Waals surface area contributed by atoms with Gasteiger partial charge in [0.25, 0.3) is 0 Å². The van der Waals surface area contributed by atoms with Crippen molar-refractivity contribution in [3.63, 3.8) is 0 Å². The lowest BCUT2D eigenvalue weighted by Gasteiger charge is -2.16. The largest absolute Gasteiger partial charge is 0.318 e. The van der Waals surface area contributed by atoms with Gasteiger partial charge in [0, 0.05) is 31.7 Å². The van der Waals surface area contributed by atoms with Crippen LogP contribution >= 0.6 is 0 Å². The zero-order chi connectivity index (χ0) is 14.5. The first-order valence-corrected chi connectivity index (χ1v) is 6.99. The molecule has 0 radical (unpaired) electrons. The molecular formula is C16H21N3O. The zero-order valence-electron chi connectivity index (χ0n) is 12.3. The molecule has 2 aromatic heterocycles. The molecule has 2 unspecified atom stereocenters. The van der Waals surface area contributed by atoms with Crippen LogP contribution in [0.15, 0.2) is 41.8 Å². The summed E-state index contributed by atoms with van der Waals surface area (Å²) in [6, 6.07) is 3.57. The van der Waals surface area contributed by atoms with Gasteiger partial charge >= 0.3 is 0 Å². The van der Waals surface area contributed by atoms with Gasteiger partial charge in [-0.1, -0.05) is 19.9 Å². The number of aryl methyl sites for hydroxylation is 1. The van der Waals surface area contributed by atoms with E-state index in [0.717, 1.165) is 12.8 Å². The van der Waals surface area contributed by atoms with Crippen LogP contribution in [0.4, 0.5) is 0 Å². The van der Waals surface area contributed by atoms with Crippen LogP contribution in [-0.4, -0.2) is 14.5 Å². The van der Waals surface area contributed by atoms with Gasteiger partial charge < -0.3 is 4.57 Å². The third kappa shape index (κ3) is 3.53. The third-order valence-corrected chi connectivity index (χ3v) is 3.86. The average molecular weight is 271 g/mol. The van der Waals surface area contributed by atoms with Crippen molar-refractivity contribution < 1.29 is 0 Å². The van der Waals surface area contributed by atoms with E-state index in [2.05, 4.69) is 23.8 Å². The van der Waals surface area contributed by atoms with E-state index < -0.39 is 0 Å². The first-order chi connectivity index (χ1) is 9.58. The van der Waals surface area contributed by atoms with E-state index in [1.807, 2.05) is 24.7 Å². The highest BCUT2D eigenvalue weighted by atomic mass is 16.1. The highest BCUT2D eigenvalue weighted by molar-refractivity contribution is 5.15. The average Bonchev–Trinajstić information content (AvgIpc) is 2.48. The topological polar surface area (TPSA) is 47.8 Å². The van der Waals surface area contributed by atoms with Gasteiger partial charge in [0.05, 0.1) is 0 Å². The van der Waals surface area contributed by atoms with E-state index in [1.165, 1.54) is 11.1 Å². The van der Waals surface area contributed by atoms with Crippen molar-refractivity contribution in [3.05, 3.63) is 58.5 Å². The van der Waals surface area contributed by atoms with E-state index in [4.69, 9.17) is 0 Å². The van der Waals surface area contributed by atoms with Crippen LogP contribution in [-0.2, 0) is 7.05 Å². The summed E-state index contributed by atoms with van der Waals surface area (Å²) in [4.78, 5) is 19.5. The van der Waals surface area contributed by atoms with Gasteiger partial charge in [0.2, 0.25) is 5.56 Å². The molecular weight excluding hydrogens is 250 g/mol. The quantitative estimate of drug-likeness (QED) is 0.840. The highest BCUT2D eigenvalue weighted by Crippen LogP contribution is 2.26. The predicted octanol–water partition coefficient (Wildman–Crippen LogP) is 2.86. The molecule has 0 aliphatic heterocycles. The summed E-state index contributed by atoms with van der Waals surface area (Å²) in [6.45, 7) is 4.40. The first-order valence-electron chi connectivity index (χ1n) is 6.99. The van der Waals surface area contributed by atoms with Gasteiger partial charge in [-0.05, 0) is 35.8 Å². The van der Waals surface area contributed by atoms with Crippen molar-refractivity contribution in [2.75, 3.05) is 0 Å². The summed E-state index contributed by atoms with van der Waals surface area (Å²) >= 11 is 0. The lowest BCUT2D eigenvalue weighted by atomic mass is 9.91. The summed E-state index contributed by atoms with van der Waals surface area (Å²) in [7, 11) is 1.79. The fourth-order valence-corrected chi connectivity index (χ4v) is 2.31. The molecule has 2 heterocycles. The smallest absolute Gasteiger partial charge is 0.250 e. The zero-order valence-corrected chi connectivity index (χ0v) is 12.3. The van der Waals surface area contributed by atoms with E-state index in [1.54, 1.807) is 24.0 Å². The Kier molecular flexibility index (Phi) is 4.66. The first kappa shape index (κ1) is 14.4. The van der Waals surface area contributed by atoms with Crippen molar-refractivity contribution in [1.82, 2.24) is 14.5 Å². The maximum absolute atomic E-state index is 11.4. The Morgan fingerprint density at radius 2 is 1.65 bits per heavy atom. The van der Waals surface area contributed by atoms with Crippen molar-refractivity contribution in [1.29, 1.82) is 0 Å². The number of aromatic nitrogens is 3. The van der Waals surface area contributed by atoms with Crippen LogP contribution < -0.4 is 5.56 Å². The van der Waals surface area contributed by atoms with E-state index in [9.17, 15) is 4.79 Å². The molecule has 20 heavy (non-hydrogen) atoms. The molecule has 0 spiro atoms. The minimum absolute atomic E-state index is 0.0377. The maximum atomic E-state index is 11.4. The molecule has 0 aromatic carbocycles. The Morgan fingerprint density at radius 3 is 2.25 bits per heavy atom. The molecule has 0 saturated carbocycles. The van der Waals surface area contributed by atoms with Crippen molar-refractivity contribution >= 4 is 0 Å². The predicted molar refractivity (Wildman–Crippen MR) is 79.8 cm³/mol. The fourth-order valence-electron chi connectivity index (χ4n) is 2.31. The second-order valence-electron chi connectivity index (χ2n) is 5.46. The number of hydrogen-bond acceptors (Lipinski definition) is 3. The molecule has 0 saturated heterocycles. The summed E-state index contributed by atoms with van der Waals surface area (Å²) in [6.07, 6.45) is 9.42. The van der Waals surface area contributed by atoms with Gasteiger partial charge in [0.15, 0.2) is 0 Å². The molecule has 4 nitrogen and oxygen atoms in total. The lowest BCUT2D eigenvalue weighted by Crippen LogP contribution is -2.15. The summed E-state index contributed by atoms with van der Waals surface area (Å²) in [5.41, 5.74) is 2.43. The summed E-state index contributed by atoms with van der Waals surface area (Å²) in [5, 5.41) is 0.